The van der Waals surface area contributed by atoms with Crippen LogP contribution >= 0.6 is 0 Å². The number of halogens is 6. The van der Waals surface area contributed by atoms with Crippen LogP contribution in [0.15, 0.2) is 36.7 Å². The summed E-state index contributed by atoms with van der Waals surface area (Å²) in [4.78, 5) is 11.0. The Bertz CT molecular complexity index is 1150. The van der Waals surface area contributed by atoms with Crippen LogP contribution in [-0.4, -0.2) is 28.0 Å². The molecule has 5 nitrogen and oxygen atoms in total. The fourth-order valence-electron chi connectivity index (χ4n) is 3.83. The largest absolute Gasteiger partial charge is 0.493 e. The van der Waals surface area contributed by atoms with Crippen LogP contribution in [0, 0.1) is 5.82 Å². The average Bonchev–Trinajstić information content (AvgIpc) is 3.27. The minimum Gasteiger partial charge on any atom is -0.493 e. The van der Waals surface area contributed by atoms with Gasteiger partial charge in [0.2, 0.25) is 5.92 Å². The molecular formula is C23H21F6N3O2. The number of aromatic nitrogens is 3. The van der Waals surface area contributed by atoms with Crippen LogP contribution in [-0.2, 0) is 12.8 Å². The Kier molecular flexibility index (Phi) is 6.46. The van der Waals surface area contributed by atoms with Gasteiger partial charge in [-0.15, -0.1) is 0 Å². The highest BCUT2D eigenvalue weighted by molar-refractivity contribution is 5.63. The first kappa shape index (κ1) is 23.9. The SMILES string of the molecule is COc1cc(-c2cnc(C3CCC(F)(F)CC3)[nH]2)ccc1OCc1ncc(C(F)(F)F)cc1F. The summed E-state index contributed by atoms with van der Waals surface area (Å²) in [6.07, 6.45) is -2.16. The lowest BCUT2D eigenvalue weighted by Crippen LogP contribution is -2.24. The average molecular weight is 485 g/mol. The smallest absolute Gasteiger partial charge is 0.417 e. The number of methoxy groups -OCH3 is 1. The summed E-state index contributed by atoms with van der Waals surface area (Å²) in [6, 6.07) is 5.28. The number of hydrogen-bond acceptors (Lipinski definition) is 4. The number of nitrogens with one attached hydrogen (secondary N) is 1. The Balaban J connectivity index is 1.46. The fraction of sp³-hybridized carbons (Fsp3) is 0.391. The number of H-pyrrole nitrogens is 1. The topological polar surface area (TPSA) is 60.0 Å². The monoisotopic (exact) mass is 485 g/mol. The van der Waals surface area contributed by atoms with Crippen LogP contribution in [0.1, 0.15) is 48.7 Å². The standard InChI is InChI=1S/C23H21F6N3O2/c1-33-20-8-14(17-11-31-21(32-17)13-4-6-22(25,26)7-5-13)2-3-19(20)34-12-18-16(24)9-15(10-30-18)23(27,28)29/h2-3,8-11,13H,4-7,12H2,1H3,(H,31,32). The second kappa shape index (κ2) is 9.19. The van der Waals surface area contributed by atoms with Gasteiger partial charge in [-0.05, 0) is 37.1 Å². The quantitative estimate of drug-likeness (QED) is 0.405. The number of benzene rings is 1. The van der Waals surface area contributed by atoms with Crippen LogP contribution in [0.3, 0.4) is 0 Å². The molecule has 34 heavy (non-hydrogen) atoms. The third-order valence-electron chi connectivity index (χ3n) is 5.78. The first-order valence-electron chi connectivity index (χ1n) is 10.5. The number of ether oxygens (including phenoxy) is 2. The molecule has 0 radical (unpaired) electrons. The van der Waals surface area contributed by atoms with Crippen LogP contribution in [0.25, 0.3) is 11.3 Å². The lowest BCUT2D eigenvalue weighted by molar-refractivity contribution is -0.138. The molecule has 4 rings (SSSR count). The molecule has 1 aliphatic carbocycles. The van der Waals surface area contributed by atoms with E-state index in [1.54, 1.807) is 24.4 Å². The van der Waals surface area contributed by atoms with E-state index >= 15 is 0 Å². The lowest BCUT2D eigenvalue weighted by atomic mass is 9.86. The summed E-state index contributed by atoms with van der Waals surface area (Å²) in [5.41, 5.74) is -0.109. The molecule has 1 aromatic carbocycles. The Morgan fingerprint density at radius 2 is 1.79 bits per heavy atom. The van der Waals surface area contributed by atoms with Crippen LogP contribution in [0.4, 0.5) is 26.3 Å². The minimum absolute atomic E-state index is 0.0657. The number of imidazole rings is 1. The molecule has 1 aliphatic rings. The van der Waals surface area contributed by atoms with E-state index in [9.17, 15) is 26.3 Å². The van der Waals surface area contributed by atoms with Gasteiger partial charge in [0.05, 0.1) is 24.6 Å². The Hall–Kier alpha value is -3.24. The van der Waals surface area contributed by atoms with E-state index in [2.05, 4.69) is 15.0 Å². The fourth-order valence-corrected chi connectivity index (χ4v) is 3.83. The highest BCUT2D eigenvalue weighted by Crippen LogP contribution is 2.41. The molecule has 1 fully saturated rings. The predicted molar refractivity (Wildman–Crippen MR) is 110 cm³/mol. The summed E-state index contributed by atoms with van der Waals surface area (Å²) in [6.45, 7) is -0.403. The van der Waals surface area contributed by atoms with Gasteiger partial charge in [-0.3, -0.25) is 4.98 Å². The highest BCUT2D eigenvalue weighted by atomic mass is 19.4. The van der Waals surface area contributed by atoms with Crippen LogP contribution < -0.4 is 9.47 Å². The van der Waals surface area contributed by atoms with Crippen molar-refractivity contribution in [3.05, 3.63) is 59.6 Å². The van der Waals surface area contributed by atoms with E-state index in [4.69, 9.17) is 9.47 Å². The van der Waals surface area contributed by atoms with Crippen molar-refractivity contribution in [2.45, 2.75) is 50.3 Å². The van der Waals surface area contributed by atoms with Gasteiger partial charge >= 0.3 is 6.18 Å². The first-order chi connectivity index (χ1) is 16.1. The molecule has 2 heterocycles. The van der Waals surface area contributed by atoms with E-state index in [0.29, 0.717) is 47.9 Å². The molecule has 0 saturated heterocycles. The molecule has 11 heteroatoms. The molecule has 182 valence electrons. The second-order valence-corrected chi connectivity index (χ2v) is 8.12. The van der Waals surface area contributed by atoms with E-state index in [0.717, 1.165) is 0 Å². The summed E-state index contributed by atoms with van der Waals surface area (Å²) < 4.78 is 89.7. The second-order valence-electron chi connectivity index (χ2n) is 8.12. The van der Waals surface area contributed by atoms with Gasteiger partial charge in [0.25, 0.3) is 0 Å². The molecule has 3 aromatic rings. The van der Waals surface area contributed by atoms with E-state index < -0.39 is 30.1 Å². The van der Waals surface area contributed by atoms with Crippen molar-refractivity contribution in [3.8, 4) is 22.8 Å². The Morgan fingerprint density at radius 1 is 1.06 bits per heavy atom. The van der Waals surface area contributed by atoms with Crippen molar-refractivity contribution < 1.29 is 35.8 Å². The molecule has 2 aromatic heterocycles. The molecule has 0 aliphatic heterocycles. The van der Waals surface area contributed by atoms with Crippen LogP contribution in [0.2, 0.25) is 0 Å². The van der Waals surface area contributed by atoms with Crippen molar-refractivity contribution in [1.82, 2.24) is 15.0 Å². The number of nitrogens with zero attached hydrogens (tertiary/aromatic N) is 2. The number of rotatable bonds is 6. The molecule has 0 amide bonds. The maximum Gasteiger partial charge on any atom is 0.417 e. The molecule has 1 saturated carbocycles. The van der Waals surface area contributed by atoms with Gasteiger partial charge in [0, 0.05) is 30.5 Å². The Morgan fingerprint density at radius 3 is 2.44 bits per heavy atom. The van der Waals surface area contributed by atoms with E-state index in [-0.39, 0.29) is 30.2 Å². The number of alkyl halides is 5. The van der Waals surface area contributed by atoms with Crippen LogP contribution in [0.5, 0.6) is 11.5 Å². The summed E-state index contributed by atoms with van der Waals surface area (Å²) in [5.74, 6) is -2.62. The maximum absolute atomic E-state index is 14.0. The van der Waals surface area contributed by atoms with Gasteiger partial charge in [-0.1, -0.05) is 0 Å². The molecule has 0 unspecified atom stereocenters. The normalized spacial score (nSPS) is 16.4. The molecule has 0 atom stereocenters. The number of aromatic amines is 1. The molecular weight excluding hydrogens is 464 g/mol. The van der Waals surface area contributed by atoms with E-state index in [1.165, 1.54) is 7.11 Å². The Labute approximate surface area is 191 Å². The zero-order valence-corrected chi connectivity index (χ0v) is 18.1. The molecule has 1 N–H and O–H groups in total. The highest BCUT2D eigenvalue weighted by Gasteiger charge is 2.36. The van der Waals surface area contributed by atoms with Crippen molar-refractivity contribution >= 4 is 0 Å². The number of pyridine rings is 1. The van der Waals surface area contributed by atoms with Crippen molar-refractivity contribution in [1.29, 1.82) is 0 Å². The predicted octanol–water partition coefficient (Wildman–Crippen LogP) is 6.51. The summed E-state index contributed by atoms with van der Waals surface area (Å²) in [5, 5.41) is 0. The van der Waals surface area contributed by atoms with E-state index in [1.807, 2.05) is 0 Å². The lowest BCUT2D eigenvalue weighted by Gasteiger charge is -2.26. The van der Waals surface area contributed by atoms with Crippen molar-refractivity contribution in [2.24, 2.45) is 0 Å². The van der Waals surface area contributed by atoms with Crippen molar-refractivity contribution in [2.75, 3.05) is 7.11 Å². The zero-order chi connectivity index (χ0) is 24.5. The number of hydrogen-bond donors (Lipinski definition) is 1. The third kappa shape index (κ3) is 5.28. The van der Waals surface area contributed by atoms with Crippen molar-refractivity contribution in [3.63, 3.8) is 0 Å². The maximum atomic E-state index is 14.0. The minimum atomic E-state index is -4.69. The zero-order valence-electron chi connectivity index (χ0n) is 18.1. The third-order valence-corrected chi connectivity index (χ3v) is 5.78. The van der Waals surface area contributed by atoms with Gasteiger partial charge in [0.15, 0.2) is 11.5 Å². The van der Waals surface area contributed by atoms with Gasteiger partial charge in [-0.2, -0.15) is 13.2 Å². The van der Waals surface area contributed by atoms with Gasteiger partial charge < -0.3 is 14.5 Å². The first-order valence-corrected chi connectivity index (χ1v) is 10.5. The van der Waals surface area contributed by atoms with Gasteiger partial charge in [0.1, 0.15) is 23.9 Å². The van der Waals surface area contributed by atoms with Gasteiger partial charge in [-0.25, -0.2) is 18.2 Å². The summed E-state index contributed by atoms with van der Waals surface area (Å²) in [7, 11) is 1.41. The molecule has 0 bridgehead atoms. The molecule has 0 spiro atoms. The summed E-state index contributed by atoms with van der Waals surface area (Å²) >= 11 is 0.